The van der Waals surface area contributed by atoms with Crippen LogP contribution >= 0.6 is 0 Å². The van der Waals surface area contributed by atoms with E-state index in [-0.39, 0.29) is 24.0 Å². The Morgan fingerprint density at radius 2 is 1.68 bits per heavy atom. The van der Waals surface area contributed by atoms with Crippen LogP contribution in [0.15, 0.2) is 18.2 Å². The average Bonchev–Trinajstić information content (AvgIpc) is 2.50. The smallest absolute Gasteiger partial charge is 0.257 e. The summed E-state index contributed by atoms with van der Waals surface area (Å²) in [5.74, 6) is -3.36. The number of amides is 2. The largest absolute Gasteiger partial charge is 0.372 e. The molecule has 1 aromatic carbocycles. The summed E-state index contributed by atoms with van der Waals surface area (Å²) in [7, 11) is 0. The molecule has 0 aliphatic carbocycles. The molecule has 3 atom stereocenters. The number of carbonyl (C=O) groups is 2. The van der Waals surface area contributed by atoms with Crippen molar-refractivity contribution >= 4 is 11.8 Å². The Bertz CT molecular complexity index is 621. The highest BCUT2D eigenvalue weighted by Gasteiger charge is 2.34. The van der Waals surface area contributed by atoms with Crippen molar-refractivity contribution in [3.8, 4) is 0 Å². The molecule has 1 aliphatic heterocycles. The van der Waals surface area contributed by atoms with Crippen LogP contribution in [0.1, 0.15) is 38.1 Å². The van der Waals surface area contributed by atoms with Gasteiger partial charge in [-0.05, 0) is 31.9 Å². The Labute approximate surface area is 146 Å². The molecule has 0 radical (unpaired) electrons. The zero-order chi connectivity index (χ0) is 18.7. The SMILES string of the molecule is CC(C)[C@H](NC(=O)c1c(F)cccc1F)C(=O)N1C[C@@H](C)O[C@@H](C)C1. The lowest BCUT2D eigenvalue weighted by Gasteiger charge is -2.38. The summed E-state index contributed by atoms with van der Waals surface area (Å²) >= 11 is 0. The molecule has 25 heavy (non-hydrogen) atoms. The molecule has 138 valence electrons. The van der Waals surface area contributed by atoms with Gasteiger partial charge < -0.3 is 15.0 Å². The van der Waals surface area contributed by atoms with Gasteiger partial charge in [0.1, 0.15) is 23.2 Å². The van der Waals surface area contributed by atoms with Crippen LogP contribution in [0.4, 0.5) is 8.78 Å². The Hall–Kier alpha value is -2.02. The van der Waals surface area contributed by atoms with E-state index in [0.29, 0.717) is 13.1 Å². The molecule has 0 aromatic heterocycles. The van der Waals surface area contributed by atoms with Gasteiger partial charge in [0.05, 0.1) is 12.2 Å². The number of hydrogen-bond donors (Lipinski definition) is 1. The topological polar surface area (TPSA) is 58.6 Å². The second-order valence-electron chi connectivity index (χ2n) is 6.79. The predicted molar refractivity (Wildman–Crippen MR) is 89.0 cm³/mol. The Balaban J connectivity index is 2.18. The minimum atomic E-state index is -0.957. The van der Waals surface area contributed by atoms with Gasteiger partial charge in [0, 0.05) is 13.1 Å². The van der Waals surface area contributed by atoms with E-state index >= 15 is 0 Å². The van der Waals surface area contributed by atoms with Gasteiger partial charge >= 0.3 is 0 Å². The zero-order valence-corrected chi connectivity index (χ0v) is 14.9. The molecular weight excluding hydrogens is 330 g/mol. The van der Waals surface area contributed by atoms with E-state index in [4.69, 9.17) is 4.74 Å². The first-order valence-electron chi connectivity index (χ1n) is 8.39. The average molecular weight is 354 g/mol. The fourth-order valence-corrected chi connectivity index (χ4v) is 3.00. The molecule has 0 unspecified atom stereocenters. The predicted octanol–water partition coefficient (Wildman–Crippen LogP) is 2.36. The van der Waals surface area contributed by atoms with E-state index in [1.165, 1.54) is 6.07 Å². The standard InChI is InChI=1S/C18H24F2N2O3/c1-10(2)16(18(24)22-8-11(3)25-12(4)9-22)21-17(23)15-13(19)6-5-7-14(15)20/h5-7,10-12,16H,8-9H2,1-4H3,(H,21,23)/t11-,12+,16-/m0/s1. The van der Waals surface area contributed by atoms with Crippen molar-refractivity contribution in [3.05, 3.63) is 35.4 Å². The quantitative estimate of drug-likeness (QED) is 0.903. The molecule has 2 amide bonds. The van der Waals surface area contributed by atoms with E-state index in [1.807, 2.05) is 13.8 Å². The number of ether oxygens (including phenoxy) is 1. The van der Waals surface area contributed by atoms with Gasteiger partial charge in [-0.3, -0.25) is 9.59 Å². The number of halogens is 2. The Morgan fingerprint density at radius 3 is 2.16 bits per heavy atom. The Kier molecular flexibility index (Phi) is 6.11. The summed E-state index contributed by atoms with van der Waals surface area (Å²) in [5.41, 5.74) is -0.676. The van der Waals surface area contributed by atoms with Crippen LogP contribution in [-0.2, 0) is 9.53 Å². The molecule has 1 aromatic rings. The zero-order valence-electron chi connectivity index (χ0n) is 14.9. The third-order valence-corrected chi connectivity index (χ3v) is 4.14. The first-order chi connectivity index (χ1) is 11.7. The maximum absolute atomic E-state index is 13.8. The number of morpholine rings is 1. The summed E-state index contributed by atoms with van der Waals surface area (Å²) in [5, 5.41) is 2.49. The van der Waals surface area contributed by atoms with Crippen LogP contribution in [-0.4, -0.2) is 48.1 Å². The van der Waals surface area contributed by atoms with Crippen molar-refractivity contribution in [2.45, 2.75) is 45.9 Å². The van der Waals surface area contributed by atoms with Crippen molar-refractivity contribution < 1.29 is 23.1 Å². The van der Waals surface area contributed by atoms with E-state index in [1.54, 1.807) is 18.7 Å². The number of nitrogens with one attached hydrogen (secondary N) is 1. The van der Waals surface area contributed by atoms with Gasteiger partial charge in [-0.1, -0.05) is 19.9 Å². The second kappa shape index (κ2) is 7.91. The van der Waals surface area contributed by atoms with Crippen LogP contribution < -0.4 is 5.32 Å². The summed E-state index contributed by atoms with van der Waals surface area (Å²) in [4.78, 5) is 26.8. The number of benzene rings is 1. The van der Waals surface area contributed by atoms with Crippen LogP contribution in [0.3, 0.4) is 0 Å². The van der Waals surface area contributed by atoms with Gasteiger partial charge in [-0.25, -0.2) is 8.78 Å². The first kappa shape index (κ1) is 19.3. The van der Waals surface area contributed by atoms with Gasteiger partial charge in [0.15, 0.2) is 0 Å². The molecule has 0 spiro atoms. The molecule has 1 fully saturated rings. The van der Waals surface area contributed by atoms with Crippen LogP contribution in [0.5, 0.6) is 0 Å². The molecular formula is C18H24F2N2O3. The lowest BCUT2D eigenvalue weighted by molar-refractivity contribution is -0.146. The molecule has 5 nitrogen and oxygen atoms in total. The van der Waals surface area contributed by atoms with Crippen molar-refractivity contribution in [2.75, 3.05) is 13.1 Å². The summed E-state index contributed by atoms with van der Waals surface area (Å²) in [6.07, 6.45) is -0.222. The highest BCUT2D eigenvalue weighted by Crippen LogP contribution is 2.17. The third-order valence-electron chi connectivity index (χ3n) is 4.14. The van der Waals surface area contributed by atoms with Gasteiger partial charge in [0.25, 0.3) is 5.91 Å². The van der Waals surface area contributed by atoms with E-state index in [2.05, 4.69) is 5.32 Å². The molecule has 0 saturated carbocycles. The molecule has 1 heterocycles. The minimum absolute atomic E-state index is 0.111. The Morgan fingerprint density at radius 1 is 1.16 bits per heavy atom. The molecule has 0 bridgehead atoms. The van der Waals surface area contributed by atoms with E-state index < -0.39 is 29.1 Å². The van der Waals surface area contributed by atoms with Crippen LogP contribution in [0.25, 0.3) is 0 Å². The number of hydrogen-bond acceptors (Lipinski definition) is 3. The lowest BCUT2D eigenvalue weighted by Crippen LogP contribution is -2.56. The van der Waals surface area contributed by atoms with Crippen LogP contribution in [0.2, 0.25) is 0 Å². The van der Waals surface area contributed by atoms with Crippen molar-refractivity contribution in [3.63, 3.8) is 0 Å². The molecule has 2 rings (SSSR count). The molecule has 1 N–H and O–H groups in total. The maximum Gasteiger partial charge on any atom is 0.257 e. The first-order valence-corrected chi connectivity index (χ1v) is 8.39. The summed E-state index contributed by atoms with van der Waals surface area (Å²) < 4.78 is 33.2. The second-order valence-corrected chi connectivity index (χ2v) is 6.79. The monoisotopic (exact) mass is 354 g/mol. The summed E-state index contributed by atoms with van der Waals surface area (Å²) in [6.45, 7) is 8.11. The fraction of sp³-hybridized carbons (Fsp3) is 0.556. The third kappa shape index (κ3) is 4.54. The lowest BCUT2D eigenvalue weighted by atomic mass is 10.0. The number of nitrogens with zero attached hydrogens (tertiary/aromatic N) is 1. The van der Waals surface area contributed by atoms with Crippen molar-refractivity contribution in [2.24, 2.45) is 5.92 Å². The van der Waals surface area contributed by atoms with Crippen molar-refractivity contribution in [1.82, 2.24) is 10.2 Å². The molecule has 1 aliphatic rings. The minimum Gasteiger partial charge on any atom is -0.372 e. The van der Waals surface area contributed by atoms with E-state index in [9.17, 15) is 18.4 Å². The summed E-state index contributed by atoms with van der Waals surface area (Å²) in [6, 6.07) is 2.33. The number of carbonyl (C=O) groups excluding carboxylic acids is 2. The normalized spacial score (nSPS) is 22.0. The highest BCUT2D eigenvalue weighted by atomic mass is 19.1. The van der Waals surface area contributed by atoms with E-state index in [0.717, 1.165) is 12.1 Å². The van der Waals surface area contributed by atoms with Crippen LogP contribution in [0, 0.1) is 17.6 Å². The fourth-order valence-electron chi connectivity index (χ4n) is 3.00. The van der Waals surface area contributed by atoms with Crippen molar-refractivity contribution in [1.29, 1.82) is 0 Å². The number of rotatable bonds is 4. The highest BCUT2D eigenvalue weighted by molar-refractivity contribution is 5.98. The molecule has 7 heteroatoms. The van der Waals surface area contributed by atoms with Gasteiger partial charge in [-0.15, -0.1) is 0 Å². The molecule has 1 saturated heterocycles. The maximum atomic E-state index is 13.8. The van der Waals surface area contributed by atoms with Gasteiger partial charge in [-0.2, -0.15) is 0 Å². The van der Waals surface area contributed by atoms with Gasteiger partial charge in [0.2, 0.25) is 5.91 Å².